The van der Waals surface area contributed by atoms with Crippen molar-refractivity contribution in [1.29, 1.82) is 0 Å². The lowest BCUT2D eigenvalue weighted by Gasteiger charge is -2.30. The zero-order valence-electron chi connectivity index (χ0n) is 15.7. The number of carbonyl (C=O) groups excluding carboxylic acids is 1. The standard InChI is InChI=1S/C20H26N4O3/c1-26-17-8-6-15(7-9-17)19-22-18(27-23-19)13-24-10-2-3-16(12-24)20(25)21-11-14-4-5-14/h6-9,14,16H,2-5,10-13H2,1H3,(H,21,25). The van der Waals surface area contributed by atoms with Crippen molar-refractivity contribution in [1.82, 2.24) is 20.4 Å². The maximum Gasteiger partial charge on any atom is 0.241 e. The molecule has 7 heteroatoms. The molecule has 1 atom stereocenters. The van der Waals surface area contributed by atoms with Crippen molar-refractivity contribution in [3.8, 4) is 17.1 Å². The first-order valence-corrected chi connectivity index (χ1v) is 9.68. The molecule has 0 spiro atoms. The number of hydrogen-bond acceptors (Lipinski definition) is 6. The first-order valence-electron chi connectivity index (χ1n) is 9.68. The van der Waals surface area contributed by atoms with E-state index < -0.39 is 0 Å². The third kappa shape index (κ3) is 4.66. The Morgan fingerprint density at radius 1 is 1.30 bits per heavy atom. The van der Waals surface area contributed by atoms with Crippen LogP contribution in [0.5, 0.6) is 5.75 Å². The number of rotatable bonds is 7. The van der Waals surface area contributed by atoms with Gasteiger partial charge in [0.15, 0.2) is 0 Å². The predicted molar refractivity (Wildman–Crippen MR) is 100 cm³/mol. The molecule has 1 aliphatic heterocycles. The molecule has 144 valence electrons. The highest BCUT2D eigenvalue weighted by Crippen LogP contribution is 2.28. The van der Waals surface area contributed by atoms with E-state index in [9.17, 15) is 4.79 Å². The van der Waals surface area contributed by atoms with E-state index in [2.05, 4.69) is 20.4 Å². The van der Waals surface area contributed by atoms with Crippen LogP contribution in [0.4, 0.5) is 0 Å². The van der Waals surface area contributed by atoms with E-state index in [0.717, 1.165) is 43.8 Å². The summed E-state index contributed by atoms with van der Waals surface area (Å²) in [6.07, 6.45) is 4.48. The van der Waals surface area contributed by atoms with E-state index in [0.29, 0.717) is 24.2 Å². The number of amides is 1. The van der Waals surface area contributed by atoms with Gasteiger partial charge in [-0.3, -0.25) is 9.69 Å². The van der Waals surface area contributed by atoms with Crippen LogP contribution in [0.2, 0.25) is 0 Å². The van der Waals surface area contributed by atoms with Crippen LogP contribution in [0.3, 0.4) is 0 Å². The van der Waals surface area contributed by atoms with Gasteiger partial charge in [0, 0.05) is 18.7 Å². The van der Waals surface area contributed by atoms with Crippen LogP contribution in [0, 0.1) is 11.8 Å². The highest BCUT2D eigenvalue weighted by Gasteiger charge is 2.28. The van der Waals surface area contributed by atoms with Gasteiger partial charge in [-0.25, -0.2) is 0 Å². The van der Waals surface area contributed by atoms with Crippen molar-refractivity contribution in [2.24, 2.45) is 11.8 Å². The maximum absolute atomic E-state index is 12.4. The predicted octanol–water partition coefficient (Wildman–Crippen LogP) is 2.48. The first kappa shape index (κ1) is 18.0. The Kier molecular flexibility index (Phi) is 5.38. The van der Waals surface area contributed by atoms with Crippen molar-refractivity contribution < 1.29 is 14.1 Å². The zero-order valence-corrected chi connectivity index (χ0v) is 15.7. The van der Waals surface area contributed by atoms with Crippen molar-refractivity contribution >= 4 is 5.91 Å². The summed E-state index contributed by atoms with van der Waals surface area (Å²) in [4.78, 5) is 19.1. The maximum atomic E-state index is 12.4. The minimum absolute atomic E-state index is 0.0569. The van der Waals surface area contributed by atoms with E-state index in [-0.39, 0.29) is 11.8 Å². The van der Waals surface area contributed by atoms with Crippen LogP contribution in [0.25, 0.3) is 11.4 Å². The summed E-state index contributed by atoms with van der Waals surface area (Å²) in [6, 6.07) is 7.57. The van der Waals surface area contributed by atoms with Gasteiger partial charge in [-0.05, 0) is 62.4 Å². The van der Waals surface area contributed by atoms with Gasteiger partial charge in [-0.2, -0.15) is 4.98 Å². The molecule has 2 fully saturated rings. The number of piperidine rings is 1. The lowest BCUT2D eigenvalue weighted by Crippen LogP contribution is -2.43. The van der Waals surface area contributed by atoms with Crippen molar-refractivity contribution in [2.45, 2.75) is 32.2 Å². The second kappa shape index (κ2) is 8.08. The van der Waals surface area contributed by atoms with Crippen LogP contribution in [-0.4, -0.2) is 47.7 Å². The molecule has 1 saturated carbocycles. The molecule has 2 aromatic rings. The fourth-order valence-electron chi connectivity index (χ4n) is 3.49. The molecule has 1 aromatic carbocycles. The second-order valence-electron chi connectivity index (χ2n) is 7.50. The fourth-order valence-corrected chi connectivity index (χ4v) is 3.49. The van der Waals surface area contributed by atoms with Gasteiger partial charge in [-0.1, -0.05) is 5.16 Å². The smallest absolute Gasteiger partial charge is 0.241 e. The van der Waals surface area contributed by atoms with Gasteiger partial charge >= 0.3 is 0 Å². The number of nitrogens with zero attached hydrogens (tertiary/aromatic N) is 3. The van der Waals surface area contributed by atoms with Gasteiger partial charge in [0.2, 0.25) is 17.6 Å². The lowest BCUT2D eigenvalue weighted by atomic mass is 9.97. The number of nitrogens with one attached hydrogen (secondary N) is 1. The van der Waals surface area contributed by atoms with E-state index in [1.807, 2.05) is 24.3 Å². The molecule has 1 amide bonds. The van der Waals surface area contributed by atoms with E-state index in [1.54, 1.807) is 7.11 Å². The van der Waals surface area contributed by atoms with Gasteiger partial charge in [0.25, 0.3) is 0 Å². The molecule has 1 aliphatic carbocycles. The fraction of sp³-hybridized carbons (Fsp3) is 0.550. The molecule has 1 saturated heterocycles. The SMILES string of the molecule is COc1ccc(-c2noc(CN3CCCC(C(=O)NCC4CC4)C3)n2)cc1. The summed E-state index contributed by atoms with van der Waals surface area (Å²) < 4.78 is 10.6. The number of aromatic nitrogens is 2. The molecule has 7 nitrogen and oxygen atoms in total. The van der Waals surface area contributed by atoms with Crippen LogP contribution in [0.15, 0.2) is 28.8 Å². The zero-order chi connectivity index (χ0) is 18.6. The average molecular weight is 370 g/mol. The summed E-state index contributed by atoms with van der Waals surface area (Å²) in [7, 11) is 1.64. The number of carbonyl (C=O) groups is 1. The van der Waals surface area contributed by atoms with Crippen LogP contribution in [-0.2, 0) is 11.3 Å². The molecule has 1 N–H and O–H groups in total. The summed E-state index contributed by atoms with van der Waals surface area (Å²) in [5.74, 6) is 2.91. The molecule has 27 heavy (non-hydrogen) atoms. The highest BCUT2D eigenvalue weighted by atomic mass is 16.5. The minimum atomic E-state index is 0.0569. The monoisotopic (exact) mass is 370 g/mol. The average Bonchev–Trinajstić information content (AvgIpc) is 3.43. The van der Waals surface area contributed by atoms with Crippen LogP contribution in [0.1, 0.15) is 31.6 Å². The molecular formula is C20H26N4O3. The van der Waals surface area contributed by atoms with Crippen LogP contribution >= 0.6 is 0 Å². The van der Waals surface area contributed by atoms with Gasteiger partial charge < -0.3 is 14.6 Å². The lowest BCUT2D eigenvalue weighted by molar-refractivity contribution is -0.126. The Labute approximate surface area is 159 Å². The quantitative estimate of drug-likeness (QED) is 0.806. The summed E-state index contributed by atoms with van der Waals surface area (Å²) in [5, 5.41) is 7.19. The van der Waals surface area contributed by atoms with Crippen LogP contribution < -0.4 is 10.1 Å². The number of hydrogen-bond donors (Lipinski definition) is 1. The summed E-state index contributed by atoms with van der Waals surface area (Å²) in [6.45, 7) is 3.11. The summed E-state index contributed by atoms with van der Waals surface area (Å²) in [5.41, 5.74) is 0.891. The largest absolute Gasteiger partial charge is 0.497 e. The normalized spacial score (nSPS) is 20.4. The third-order valence-corrected chi connectivity index (χ3v) is 5.31. The second-order valence-corrected chi connectivity index (χ2v) is 7.50. The Morgan fingerprint density at radius 3 is 2.85 bits per heavy atom. The van der Waals surface area contributed by atoms with Crippen molar-refractivity contribution in [3.05, 3.63) is 30.2 Å². The summed E-state index contributed by atoms with van der Waals surface area (Å²) >= 11 is 0. The number of benzene rings is 1. The van der Waals surface area contributed by atoms with Crippen molar-refractivity contribution in [2.75, 3.05) is 26.7 Å². The van der Waals surface area contributed by atoms with Crippen molar-refractivity contribution in [3.63, 3.8) is 0 Å². The van der Waals surface area contributed by atoms with E-state index in [4.69, 9.17) is 9.26 Å². The number of methoxy groups -OCH3 is 1. The van der Waals surface area contributed by atoms with Gasteiger partial charge in [0.05, 0.1) is 19.6 Å². The Morgan fingerprint density at radius 2 is 2.11 bits per heavy atom. The van der Waals surface area contributed by atoms with Gasteiger partial charge in [0.1, 0.15) is 5.75 Å². The van der Waals surface area contributed by atoms with Gasteiger partial charge in [-0.15, -0.1) is 0 Å². The first-order chi connectivity index (χ1) is 13.2. The Bertz CT molecular complexity index is 770. The third-order valence-electron chi connectivity index (χ3n) is 5.31. The van der Waals surface area contributed by atoms with E-state index in [1.165, 1.54) is 12.8 Å². The molecule has 0 bridgehead atoms. The minimum Gasteiger partial charge on any atom is -0.497 e. The molecule has 1 aromatic heterocycles. The molecule has 0 radical (unpaired) electrons. The molecule has 1 unspecified atom stereocenters. The Balaban J connectivity index is 1.32. The number of ether oxygens (including phenoxy) is 1. The molecule has 2 aliphatic rings. The highest BCUT2D eigenvalue weighted by molar-refractivity contribution is 5.79. The molecule has 2 heterocycles. The topological polar surface area (TPSA) is 80.5 Å². The molecule has 4 rings (SSSR count). The van der Waals surface area contributed by atoms with E-state index >= 15 is 0 Å². The number of likely N-dealkylation sites (tertiary alicyclic amines) is 1. The molecular weight excluding hydrogens is 344 g/mol. The Hall–Kier alpha value is -2.41.